The van der Waals surface area contributed by atoms with Crippen molar-refractivity contribution in [1.29, 1.82) is 0 Å². The van der Waals surface area contributed by atoms with Crippen molar-refractivity contribution in [3.8, 4) is 0 Å². The Balaban J connectivity index is 2.50. The van der Waals surface area contributed by atoms with Crippen molar-refractivity contribution in [2.45, 2.75) is 0 Å². The number of fused-ring (bicyclic) bond motifs is 1. The summed E-state index contributed by atoms with van der Waals surface area (Å²) in [6, 6.07) is 5.24. The summed E-state index contributed by atoms with van der Waals surface area (Å²) >= 11 is 5.00. The van der Waals surface area contributed by atoms with Gasteiger partial charge >= 0.3 is 5.97 Å². The summed E-state index contributed by atoms with van der Waals surface area (Å²) in [5.74, 6) is -0.321. The molecule has 0 aliphatic carbocycles. The first-order chi connectivity index (χ1) is 6.83. The summed E-state index contributed by atoms with van der Waals surface area (Å²) in [5.41, 5.74) is 1.20. The first-order valence-corrected chi connectivity index (χ1v) is 5.22. The van der Waals surface area contributed by atoms with Crippen LogP contribution in [0.25, 0.3) is 10.2 Å². The number of thiol groups is 1. The maximum atomic E-state index is 11.4. The van der Waals surface area contributed by atoms with Crippen molar-refractivity contribution in [3.63, 3.8) is 0 Å². The minimum absolute atomic E-state index is 0.0709. The summed E-state index contributed by atoms with van der Waals surface area (Å²) in [4.78, 5) is 11.4. The fourth-order valence-corrected chi connectivity index (χ4v) is 1.88. The Morgan fingerprint density at radius 3 is 3.21 bits per heavy atom. The lowest BCUT2D eigenvalue weighted by Crippen LogP contribution is -2.03. The van der Waals surface area contributed by atoms with Gasteiger partial charge in [0.1, 0.15) is 11.5 Å². The highest BCUT2D eigenvalue weighted by Gasteiger charge is 2.12. The van der Waals surface area contributed by atoms with Crippen LogP contribution in [0.5, 0.6) is 0 Å². The van der Waals surface area contributed by atoms with E-state index in [1.807, 2.05) is 0 Å². The number of hydrogen-bond acceptors (Lipinski definition) is 6. The van der Waals surface area contributed by atoms with Crippen molar-refractivity contribution in [2.24, 2.45) is 0 Å². The second kappa shape index (κ2) is 3.93. The van der Waals surface area contributed by atoms with E-state index in [2.05, 4.69) is 22.2 Å². The summed E-state index contributed by atoms with van der Waals surface area (Å²) in [6.07, 6.45) is 0. The number of carbonyl (C=O) groups is 1. The number of ether oxygens (including phenoxy) is 1. The van der Waals surface area contributed by atoms with Gasteiger partial charge in [-0.15, -0.1) is 17.7 Å². The van der Waals surface area contributed by atoms with Gasteiger partial charge in [-0.3, -0.25) is 0 Å². The highest BCUT2D eigenvalue weighted by Crippen LogP contribution is 2.20. The van der Waals surface area contributed by atoms with Crippen LogP contribution in [0.2, 0.25) is 0 Å². The minimum Gasteiger partial charge on any atom is -0.451 e. The number of benzene rings is 1. The smallest absolute Gasteiger partial charge is 0.340 e. The van der Waals surface area contributed by atoms with Crippen LogP contribution in [0.4, 0.5) is 0 Å². The predicted molar refractivity (Wildman–Crippen MR) is 56.7 cm³/mol. The van der Waals surface area contributed by atoms with Crippen LogP contribution in [0.3, 0.4) is 0 Å². The number of nitrogens with zero attached hydrogens (tertiary/aromatic N) is 2. The van der Waals surface area contributed by atoms with Crippen molar-refractivity contribution < 1.29 is 9.53 Å². The lowest BCUT2D eigenvalue weighted by Gasteiger charge is -2.00. The molecule has 0 saturated carbocycles. The van der Waals surface area contributed by atoms with E-state index >= 15 is 0 Å². The largest absolute Gasteiger partial charge is 0.451 e. The van der Waals surface area contributed by atoms with Crippen LogP contribution in [0, 0.1) is 0 Å². The molecular formula is C8H6N2O2S2. The number of aromatic nitrogens is 2. The van der Waals surface area contributed by atoms with Gasteiger partial charge in [0.2, 0.25) is 0 Å². The van der Waals surface area contributed by atoms with Crippen LogP contribution in [0.15, 0.2) is 18.2 Å². The monoisotopic (exact) mass is 226 g/mol. The molecule has 0 amide bonds. The zero-order valence-electron chi connectivity index (χ0n) is 7.01. The van der Waals surface area contributed by atoms with Crippen LogP contribution >= 0.6 is 24.2 Å². The average molecular weight is 226 g/mol. The topological polar surface area (TPSA) is 52.1 Å². The SMILES string of the molecule is O=C(OCS)c1cccc2nnsc12. The number of rotatable bonds is 2. The predicted octanol–water partition coefficient (Wildman–Crippen LogP) is 1.74. The van der Waals surface area contributed by atoms with E-state index in [1.165, 1.54) is 11.5 Å². The number of esters is 1. The van der Waals surface area contributed by atoms with Crippen LogP contribution in [0.1, 0.15) is 10.4 Å². The Labute approximate surface area is 89.5 Å². The molecule has 0 unspecified atom stereocenters. The van der Waals surface area contributed by atoms with E-state index in [4.69, 9.17) is 4.74 Å². The summed E-state index contributed by atoms with van der Waals surface area (Å²) < 4.78 is 9.30. The van der Waals surface area contributed by atoms with Gasteiger partial charge in [-0.1, -0.05) is 10.6 Å². The first kappa shape index (κ1) is 9.42. The Morgan fingerprint density at radius 1 is 1.57 bits per heavy atom. The second-order valence-electron chi connectivity index (χ2n) is 2.49. The van der Waals surface area contributed by atoms with Gasteiger partial charge in [0.05, 0.1) is 10.3 Å². The molecule has 1 heterocycles. The summed E-state index contributed by atoms with van der Waals surface area (Å²) in [5, 5.41) is 3.86. The van der Waals surface area contributed by atoms with Crippen LogP contribution in [-0.2, 0) is 4.74 Å². The van der Waals surface area contributed by atoms with Gasteiger partial charge in [0.25, 0.3) is 0 Å². The maximum absolute atomic E-state index is 11.4. The van der Waals surface area contributed by atoms with E-state index in [1.54, 1.807) is 18.2 Å². The molecule has 0 fully saturated rings. The van der Waals surface area contributed by atoms with Gasteiger partial charge in [0.15, 0.2) is 0 Å². The molecule has 0 spiro atoms. The van der Waals surface area contributed by atoms with E-state index in [0.717, 1.165) is 4.70 Å². The van der Waals surface area contributed by atoms with E-state index in [0.29, 0.717) is 11.1 Å². The number of hydrogen-bond donors (Lipinski definition) is 1. The van der Waals surface area contributed by atoms with Crippen LogP contribution < -0.4 is 0 Å². The standard InChI is InChI=1S/C8H6N2O2S2/c11-8(12-4-13)5-2-1-3-6-7(5)14-10-9-6/h1-3,13H,4H2. The molecule has 2 aromatic rings. The molecule has 0 aliphatic heterocycles. The molecule has 1 aromatic heterocycles. The maximum Gasteiger partial charge on any atom is 0.340 e. The fourth-order valence-electron chi connectivity index (χ4n) is 1.10. The molecule has 0 bridgehead atoms. The van der Waals surface area contributed by atoms with E-state index in [9.17, 15) is 4.79 Å². The van der Waals surface area contributed by atoms with Crippen molar-refractivity contribution in [3.05, 3.63) is 23.8 Å². The molecule has 72 valence electrons. The Kier molecular flexibility index (Phi) is 2.64. The molecule has 1 aromatic carbocycles. The highest BCUT2D eigenvalue weighted by atomic mass is 32.1. The van der Waals surface area contributed by atoms with Gasteiger partial charge in [-0.2, -0.15) is 0 Å². The lowest BCUT2D eigenvalue weighted by atomic mass is 10.2. The van der Waals surface area contributed by atoms with Gasteiger partial charge in [-0.25, -0.2) is 4.79 Å². The molecule has 14 heavy (non-hydrogen) atoms. The van der Waals surface area contributed by atoms with E-state index < -0.39 is 5.97 Å². The molecule has 0 N–H and O–H groups in total. The molecule has 0 radical (unpaired) electrons. The normalized spacial score (nSPS) is 10.4. The zero-order chi connectivity index (χ0) is 9.97. The molecule has 0 saturated heterocycles. The summed E-state index contributed by atoms with van der Waals surface area (Å²) in [7, 11) is 0. The fraction of sp³-hybridized carbons (Fsp3) is 0.125. The number of carbonyl (C=O) groups excluding carboxylic acids is 1. The van der Waals surface area contributed by atoms with Gasteiger partial charge in [0, 0.05) is 0 Å². The zero-order valence-corrected chi connectivity index (χ0v) is 8.72. The Hall–Kier alpha value is -1.14. The van der Waals surface area contributed by atoms with Crippen molar-refractivity contribution in [1.82, 2.24) is 9.59 Å². The molecule has 0 aliphatic rings. The molecule has 6 heteroatoms. The molecular weight excluding hydrogens is 220 g/mol. The average Bonchev–Trinajstić information content (AvgIpc) is 2.65. The van der Waals surface area contributed by atoms with Gasteiger partial charge in [-0.05, 0) is 23.7 Å². The van der Waals surface area contributed by atoms with E-state index in [-0.39, 0.29) is 5.94 Å². The molecule has 4 nitrogen and oxygen atoms in total. The Bertz CT molecular complexity index is 469. The van der Waals surface area contributed by atoms with Crippen LogP contribution in [-0.4, -0.2) is 21.5 Å². The first-order valence-electron chi connectivity index (χ1n) is 3.82. The third kappa shape index (κ3) is 1.58. The third-order valence-electron chi connectivity index (χ3n) is 1.69. The summed E-state index contributed by atoms with van der Waals surface area (Å²) in [6.45, 7) is 0. The third-order valence-corrected chi connectivity index (χ3v) is 2.59. The Morgan fingerprint density at radius 2 is 2.43 bits per heavy atom. The van der Waals surface area contributed by atoms with Gasteiger partial charge < -0.3 is 4.74 Å². The lowest BCUT2D eigenvalue weighted by molar-refractivity contribution is 0.0583. The van der Waals surface area contributed by atoms with Crippen molar-refractivity contribution >= 4 is 40.3 Å². The second-order valence-corrected chi connectivity index (χ2v) is 3.50. The highest BCUT2D eigenvalue weighted by molar-refractivity contribution is 7.80. The molecule has 2 rings (SSSR count). The quantitative estimate of drug-likeness (QED) is 0.481. The molecule has 0 atom stereocenters. The minimum atomic E-state index is -0.392. The van der Waals surface area contributed by atoms with Crippen molar-refractivity contribution in [2.75, 3.05) is 5.94 Å².